The Hall–Kier alpha value is -4.21. The zero-order valence-electron chi connectivity index (χ0n) is 20.3. The van der Waals surface area contributed by atoms with Crippen molar-refractivity contribution in [3.63, 3.8) is 0 Å². The Morgan fingerprint density at radius 2 is 2.00 bits per heavy atom. The van der Waals surface area contributed by atoms with E-state index in [9.17, 15) is 19.2 Å². The molecule has 2 saturated heterocycles. The minimum atomic E-state index is -0.648. The molecule has 190 valence electrons. The standard InChI is InChI=1S/C27H27N5O5/c33-24-9-7-22(25(34)29-24)32-15-18-13-20(5-6-21(18)27(32)36)37-16-19-3-1-2-11-31(19)26(35)17-4-8-23-28-10-12-30(23)14-17/h4-6,8,10,12-14,19,22H,1-3,7,9,11,15-16H2,(H,29,33,34)/t19-,22?/m0/s1. The smallest absolute Gasteiger partial charge is 0.255 e. The molecular weight excluding hydrogens is 474 g/mol. The minimum absolute atomic E-state index is 0.0247. The number of amides is 4. The van der Waals surface area contributed by atoms with Gasteiger partial charge in [-0.15, -0.1) is 0 Å². The van der Waals surface area contributed by atoms with E-state index in [0.29, 0.717) is 43.0 Å². The molecular formula is C27H27N5O5. The predicted octanol–water partition coefficient (Wildman–Crippen LogP) is 2.17. The number of carbonyl (C=O) groups is 4. The number of rotatable bonds is 5. The average Bonchev–Trinajstić information content (AvgIpc) is 3.51. The topological polar surface area (TPSA) is 113 Å². The van der Waals surface area contributed by atoms with E-state index in [1.165, 1.54) is 4.90 Å². The van der Waals surface area contributed by atoms with Crippen molar-refractivity contribution < 1.29 is 23.9 Å². The quantitative estimate of drug-likeness (QED) is 0.536. The number of piperidine rings is 2. The highest BCUT2D eigenvalue weighted by Crippen LogP contribution is 2.30. The molecule has 1 aromatic carbocycles. The van der Waals surface area contributed by atoms with Crippen LogP contribution >= 0.6 is 0 Å². The summed E-state index contributed by atoms with van der Waals surface area (Å²) >= 11 is 0. The van der Waals surface area contributed by atoms with Crippen molar-refractivity contribution in [1.82, 2.24) is 24.5 Å². The predicted molar refractivity (Wildman–Crippen MR) is 132 cm³/mol. The fourth-order valence-electron chi connectivity index (χ4n) is 5.49. The first-order valence-corrected chi connectivity index (χ1v) is 12.6. The van der Waals surface area contributed by atoms with Crippen LogP contribution in [0.4, 0.5) is 0 Å². The molecule has 5 heterocycles. The lowest BCUT2D eigenvalue weighted by atomic mass is 10.0. The van der Waals surface area contributed by atoms with Crippen molar-refractivity contribution >= 4 is 29.3 Å². The summed E-state index contributed by atoms with van der Waals surface area (Å²) in [6.45, 7) is 1.32. The Morgan fingerprint density at radius 1 is 1.11 bits per heavy atom. The number of pyridine rings is 1. The van der Waals surface area contributed by atoms with Gasteiger partial charge < -0.3 is 18.9 Å². The monoisotopic (exact) mass is 501 g/mol. The largest absolute Gasteiger partial charge is 0.491 e. The SMILES string of the molecule is O=C1CCC(N2Cc3cc(OC[C@@H]4CCCCN4C(=O)c4ccc5nccn5c4)ccc3C2=O)C(=O)N1. The molecule has 0 spiro atoms. The van der Waals surface area contributed by atoms with Gasteiger partial charge in [-0.05, 0) is 61.6 Å². The molecule has 0 radical (unpaired) electrons. The second-order valence-corrected chi connectivity index (χ2v) is 9.79. The van der Waals surface area contributed by atoms with Crippen LogP contribution in [0.3, 0.4) is 0 Å². The first-order chi connectivity index (χ1) is 18.0. The van der Waals surface area contributed by atoms with E-state index >= 15 is 0 Å². The number of aromatic nitrogens is 2. The third-order valence-electron chi connectivity index (χ3n) is 7.46. The van der Waals surface area contributed by atoms with Gasteiger partial charge in [0.05, 0.1) is 11.6 Å². The van der Waals surface area contributed by atoms with Crippen LogP contribution in [0.15, 0.2) is 48.9 Å². The molecule has 1 unspecified atom stereocenters. The van der Waals surface area contributed by atoms with Crippen molar-refractivity contribution in [1.29, 1.82) is 0 Å². The molecule has 6 rings (SSSR count). The Kier molecular flexibility index (Phi) is 5.86. The van der Waals surface area contributed by atoms with Gasteiger partial charge >= 0.3 is 0 Å². The molecule has 0 saturated carbocycles. The third kappa shape index (κ3) is 4.32. The van der Waals surface area contributed by atoms with Crippen LogP contribution in [0.1, 0.15) is 58.4 Å². The Morgan fingerprint density at radius 3 is 2.86 bits per heavy atom. The zero-order chi connectivity index (χ0) is 25.5. The van der Waals surface area contributed by atoms with Gasteiger partial charge in [-0.1, -0.05) is 0 Å². The summed E-state index contributed by atoms with van der Waals surface area (Å²) in [5, 5.41) is 2.32. The number of fused-ring (bicyclic) bond motifs is 2. The van der Waals surface area contributed by atoms with E-state index in [1.807, 2.05) is 39.9 Å². The number of likely N-dealkylation sites (tertiary alicyclic amines) is 1. The van der Waals surface area contributed by atoms with E-state index in [4.69, 9.17) is 4.74 Å². The maximum atomic E-state index is 13.3. The molecule has 2 fully saturated rings. The number of benzene rings is 1. The third-order valence-corrected chi connectivity index (χ3v) is 7.46. The van der Waals surface area contributed by atoms with Gasteiger partial charge in [0.25, 0.3) is 11.8 Å². The minimum Gasteiger partial charge on any atom is -0.491 e. The van der Waals surface area contributed by atoms with Gasteiger partial charge in [0.2, 0.25) is 11.8 Å². The molecule has 0 aliphatic carbocycles. The molecule has 3 aromatic rings. The van der Waals surface area contributed by atoms with Gasteiger partial charge in [-0.2, -0.15) is 0 Å². The van der Waals surface area contributed by atoms with Crippen LogP contribution in [0.25, 0.3) is 5.65 Å². The van der Waals surface area contributed by atoms with Gasteiger partial charge in [0.15, 0.2) is 0 Å². The van der Waals surface area contributed by atoms with Crippen LogP contribution in [0.2, 0.25) is 0 Å². The number of hydrogen-bond acceptors (Lipinski definition) is 6. The molecule has 1 N–H and O–H groups in total. The van der Waals surface area contributed by atoms with E-state index in [-0.39, 0.29) is 30.2 Å². The summed E-state index contributed by atoms with van der Waals surface area (Å²) in [5.41, 5.74) is 2.74. The highest BCUT2D eigenvalue weighted by molar-refractivity contribution is 6.05. The van der Waals surface area contributed by atoms with Crippen LogP contribution < -0.4 is 10.1 Å². The number of nitrogens with zero attached hydrogens (tertiary/aromatic N) is 4. The summed E-state index contributed by atoms with van der Waals surface area (Å²) in [4.78, 5) is 57.7. The van der Waals surface area contributed by atoms with Crippen molar-refractivity contribution in [2.45, 2.75) is 50.7 Å². The first-order valence-electron chi connectivity index (χ1n) is 12.6. The molecule has 4 amide bonds. The van der Waals surface area contributed by atoms with Gasteiger partial charge in [-0.25, -0.2) is 4.98 Å². The number of carbonyl (C=O) groups excluding carboxylic acids is 4. The highest BCUT2D eigenvalue weighted by Gasteiger charge is 2.39. The number of ether oxygens (including phenoxy) is 1. The molecule has 10 heteroatoms. The summed E-state index contributed by atoms with van der Waals surface area (Å²) in [6.07, 6.45) is 8.71. The number of hydrogen-bond donors (Lipinski definition) is 1. The van der Waals surface area contributed by atoms with Gasteiger partial charge in [0.1, 0.15) is 24.0 Å². The fourth-order valence-corrected chi connectivity index (χ4v) is 5.49. The Bertz CT molecular complexity index is 1420. The second kappa shape index (κ2) is 9.34. The van der Waals surface area contributed by atoms with Crippen molar-refractivity contribution in [2.75, 3.05) is 13.2 Å². The molecule has 10 nitrogen and oxygen atoms in total. The Balaban J connectivity index is 1.13. The van der Waals surface area contributed by atoms with Crippen LogP contribution in [0, 0.1) is 0 Å². The molecule has 3 aliphatic rings. The molecule has 3 aliphatic heterocycles. The van der Waals surface area contributed by atoms with E-state index in [1.54, 1.807) is 18.3 Å². The summed E-state index contributed by atoms with van der Waals surface area (Å²) in [7, 11) is 0. The maximum absolute atomic E-state index is 13.3. The van der Waals surface area contributed by atoms with Crippen LogP contribution in [0.5, 0.6) is 5.75 Å². The maximum Gasteiger partial charge on any atom is 0.255 e. The van der Waals surface area contributed by atoms with Crippen molar-refractivity contribution in [3.05, 3.63) is 65.6 Å². The van der Waals surface area contributed by atoms with Crippen LogP contribution in [-0.2, 0) is 16.1 Å². The Labute approximate surface area is 213 Å². The van der Waals surface area contributed by atoms with E-state index < -0.39 is 11.9 Å². The zero-order valence-corrected chi connectivity index (χ0v) is 20.3. The van der Waals surface area contributed by atoms with Gasteiger partial charge in [-0.3, -0.25) is 24.5 Å². The summed E-state index contributed by atoms with van der Waals surface area (Å²) in [6, 6.07) is 8.26. The summed E-state index contributed by atoms with van der Waals surface area (Å²) in [5.74, 6) is -0.352. The molecule has 0 bridgehead atoms. The molecule has 37 heavy (non-hydrogen) atoms. The fraction of sp³-hybridized carbons (Fsp3) is 0.370. The van der Waals surface area contributed by atoms with Gasteiger partial charge in [0, 0.05) is 43.7 Å². The summed E-state index contributed by atoms with van der Waals surface area (Å²) < 4.78 is 7.97. The molecule has 2 aromatic heterocycles. The average molecular weight is 502 g/mol. The van der Waals surface area contributed by atoms with E-state index in [2.05, 4.69) is 10.3 Å². The number of nitrogens with one attached hydrogen (secondary N) is 1. The normalized spacial score (nSPS) is 21.8. The number of imide groups is 1. The van der Waals surface area contributed by atoms with Crippen molar-refractivity contribution in [3.8, 4) is 5.75 Å². The lowest BCUT2D eigenvalue weighted by Crippen LogP contribution is -2.52. The van der Waals surface area contributed by atoms with E-state index in [0.717, 1.165) is 30.5 Å². The first kappa shape index (κ1) is 23.2. The van der Waals surface area contributed by atoms with Crippen molar-refractivity contribution in [2.24, 2.45) is 0 Å². The lowest BCUT2D eigenvalue weighted by molar-refractivity contribution is -0.136. The highest BCUT2D eigenvalue weighted by atomic mass is 16.5. The second-order valence-electron chi connectivity index (χ2n) is 9.79. The molecule has 2 atom stereocenters. The lowest BCUT2D eigenvalue weighted by Gasteiger charge is -2.35. The number of imidazole rings is 1. The van der Waals surface area contributed by atoms with Crippen LogP contribution in [-0.4, -0.2) is 68.0 Å².